The van der Waals surface area contributed by atoms with Gasteiger partial charge in [0.15, 0.2) is 0 Å². The molecule has 1 aromatic rings. The molecule has 0 radical (unpaired) electrons. The molecule has 0 spiro atoms. The number of hydrogen-bond acceptors (Lipinski definition) is 4. The first-order valence-electron chi connectivity index (χ1n) is 10.1. The summed E-state index contributed by atoms with van der Waals surface area (Å²) in [5.41, 5.74) is 1.19. The Balaban J connectivity index is 1.62. The van der Waals surface area contributed by atoms with Crippen LogP contribution in [0.2, 0.25) is 0 Å². The van der Waals surface area contributed by atoms with Crippen molar-refractivity contribution in [2.75, 3.05) is 26.2 Å². The number of carbonyl (C=O) groups is 1. The number of aryl methyl sites for hydroxylation is 2. The van der Waals surface area contributed by atoms with Gasteiger partial charge in [-0.05, 0) is 32.6 Å². The first kappa shape index (κ1) is 20.3. The molecule has 8 heteroatoms. The molecular formula is C19H32N4O3S. The van der Waals surface area contributed by atoms with Crippen LogP contribution in [-0.4, -0.2) is 59.5 Å². The lowest BCUT2D eigenvalue weighted by molar-refractivity contribution is -0.131. The first-order valence-corrected chi connectivity index (χ1v) is 11.5. The van der Waals surface area contributed by atoms with Crippen LogP contribution in [0.15, 0.2) is 4.90 Å². The van der Waals surface area contributed by atoms with Gasteiger partial charge in [0.25, 0.3) is 0 Å². The van der Waals surface area contributed by atoms with Gasteiger partial charge >= 0.3 is 0 Å². The molecule has 1 aliphatic heterocycles. The van der Waals surface area contributed by atoms with Crippen molar-refractivity contribution >= 4 is 15.9 Å². The summed E-state index contributed by atoms with van der Waals surface area (Å²) in [6, 6.07) is 0. The number of aromatic nitrogens is 2. The number of sulfonamides is 1. The third-order valence-electron chi connectivity index (χ3n) is 6.09. The van der Waals surface area contributed by atoms with Crippen LogP contribution in [0.1, 0.15) is 56.3 Å². The average molecular weight is 397 g/mol. The predicted molar refractivity (Wildman–Crippen MR) is 104 cm³/mol. The van der Waals surface area contributed by atoms with Crippen LogP contribution in [-0.2, 0) is 21.9 Å². The van der Waals surface area contributed by atoms with Crippen LogP contribution in [0.25, 0.3) is 0 Å². The molecule has 1 aliphatic carbocycles. The summed E-state index contributed by atoms with van der Waals surface area (Å²) in [4.78, 5) is 14.8. The number of hydrogen-bond donors (Lipinski definition) is 0. The fraction of sp³-hybridized carbons (Fsp3) is 0.789. The zero-order valence-electron chi connectivity index (χ0n) is 16.8. The van der Waals surface area contributed by atoms with Gasteiger partial charge in [0.2, 0.25) is 15.9 Å². The van der Waals surface area contributed by atoms with Crippen molar-refractivity contribution in [1.82, 2.24) is 19.0 Å². The zero-order valence-corrected chi connectivity index (χ0v) is 17.6. The highest BCUT2D eigenvalue weighted by molar-refractivity contribution is 7.89. The monoisotopic (exact) mass is 396 g/mol. The summed E-state index contributed by atoms with van der Waals surface area (Å²) in [5.74, 6) is 0.879. The van der Waals surface area contributed by atoms with Crippen LogP contribution < -0.4 is 0 Å². The van der Waals surface area contributed by atoms with Crippen molar-refractivity contribution in [2.24, 2.45) is 13.0 Å². The highest BCUT2D eigenvalue weighted by Crippen LogP contribution is 2.29. The SMILES string of the molecule is Cc1nn(C)c(C)c1S(=O)(=O)N1CCCN(C(=O)CCC2CCCC2)CC1. The van der Waals surface area contributed by atoms with Crippen LogP contribution in [0.4, 0.5) is 0 Å². The van der Waals surface area contributed by atoms with Crippen LogP contribution in [0.3, 0.4) is 0 Å². The Morgan fingerprint density at radius 3 is 2.41 bits per heavy atom. The molecule has 1 saturated heterocycles. The minimum atomic E-state index is -3.59. The molecule has 0 aromatic carbocycles. The lowest BCUT2D eigenvalue weighted by atomic mass is 10.0. The van der Waals surface area contributed by atoms with E-state index in [9.17, 15) is 13.2 Å². The number of carbonyl (C=O) groups excluding carboxylic acids is 1. The van der Waals surface area contributed by atoms with Crippen molar-refractivity contribution in [3.8, 4) is 0 Å². The predicted octanol–water partition coefficient (Wildman–Crippen LogP) is 2.23. The number of rotatable bonds is 5. The minimum absolute atomic E-state index is 0.176. The van der Waals surface area contributed by atoms with Crippen LogP contribution in [0, 0.1) is 19.8 Å². The second kappa shape index (κ2) is 8.31. The van der Waals surface area contributed by atoms with Crippen molar-refractivity contribution in [1.29, 1.82) is 0 Å². The van der Waals surface area contributed by atoms with Crippen molar-refractivity contribution in [3.05, 3.63) is 11.4 Å². The normalized spacial score (nSPS) is 20.2. The Labute approximate surface area is 162 Å². The van der Waals surface area contributed by atoms with Crippen molar-refractivity contribution < 1.29 is 13.2 Å². The Morgan fingerprint density at radius 2 is 1.78 bits per heavy atom. The van der Waals surface area contributed by atoms with E-state index in [0.717, 1.165) is 6.42 Å². The fourth-order valence-electron chi connectivity index (χ4n) is 4.42. The molecule has 27 heavy (non-hydrogen) atoms. The molecule has 1 amide bonds. The molecule has 1 aromatic heterocycles. The van der Waals surface area contributed by atoms with Gasteiger partial charge in [0.05, 0.1) is 11.4 Å². The van der Waals surface area contributed by atoms with E-state index in [0.29, 0.717) is 61.2 Å². The highest BCUT2D eigenvalue weighted by atomic mass is 32.2. The standard InChI is InChI=1S/C19H32N4O3S/c1-15-19(16(2)21(3)20-15)27(25,26)23-12-6-11-22(13-14-23)18(24)10-9-17-7-4-5-8-17/h17H,4-14H2,1-3H3. The molecule has 0 N–H and O–H groups in total. The molecule has 2 fully saturated rings. The second-order valence-corrected chi connectivity index (χ2v) is 9.83. The van der Waals surface area contributed by atoms with Crippen molar-refractivity contribution in [2.45, 2.75) is 63.7 Å². The lowest BCUT2D eigenvalue weighted by Crippen LogP contribution is -2.37. The summed E-state index contributed by atoms with van der Waals surface area (Å²) in [6.07, 6.45) is 7.34. The topological polar surface area (TPSA) is 75.5 Å². The molecule has 0 atom stereocenters. The van der Waals surface area contributed by atoms with E-state index < -0.39 is 10.0 Å². The van der Waals surface area contributed by atoms with Crippen LogP contribution in [0.5, 0.6) is 0 Å². The Morgan fingerprint density at radius 1 is 1.07 bits per heavy atom. The average Bonchev–Trinajstić information content (AvgIpc) is 3.12. The van der Waals surface area contributed by atoms with E-state index in [-0.39, 0.29) is 5.91 Å². The molecule has 3 rings (SSSR count). The maximum atomic E-state index is 13.1. The quantitative estimate of drug-likeness (QED) is 0.765. The third kappa shape index (κ3) is 4.37. The van der Waals surface area contributed by atoms with Gasteiger partial charge in [0.1, 0.15) is 4.90 Å². The summed E-state index contributed by atoms with van der Waals surface area (Å²) >= 11 is 0. The molecular weight excluding hydrogens is 364 g/mol. The smallest absolute Gasteiger partial charge is 0.246 e. The third-order valence-corrected chi connectivity index (χ3v) is 8.24. The summed E-state index contributed by atoms with van der Waals surface area (Å²) in [7, 11) is -1.83. The molecule has 0 unspecified atom stereocenters. The Bertz CT molecular complexity index is 781. The van der Waals surface area contributed by atoms with E-state index in [2.05, 4.69) is 5.10 Å². The largest absolute Gasteiger partial charge is 0.341 e. The zero-order chi connectivity index (χ0) is 19.6. The molecule has 1 saturated carbocycles. The molecule has 0 bridgehead atoms. The fourth-order valence-corrected chi connectivity index (χ4v) is 6.29. The highest BCUT2D eigenvalue weighted by Gasteiger charge is 2.32. The van der Waals surface area contributed by atoms with Gasteiger partial charge in [-0.25, -0.2) is 8.42 Å². The van der Waals surface area contributed by atoms with E-state index in [1.54, 1.807) is 25.6 Å². The maximum absolute atomic E-state index is 13.1. The molecule has 152 valence electrons. The van der Waals surface area contributed by atoms with E-state index in [1.165, 1.54) is 30.0 Å². The van der Waals surface area contributed by atoms with E-state index in [1.807, 2.05) is 4.90 Å². The van der Waals surface area contributed by atoms with Gasteiger partial charge in [-0.1, -0.05) is 25.7 Å². The van der Waals surface area contributed by atoms with Gasteiger partial charge in [-0.15, -0.1) is 0 Å². The number of amides is 1. The first-order chi connectivity index (χ1) is 12.8. The van der Waals surface area contributed by atoms with Crippen molar-refractivity contribution in [3.63, 3.8) is 0 Å². The maximum Gasteiger partial charge on any atom is 0.246 e. The lowest BCUT2D eigenvalue weighted by Gasteiger charge is -2.22. The molecule has 2 aliphatic rings. The van der Waals surface area contributed by atoms with Gasteiger partial charge in [-0.2, -0.15) is 9.40 Å². The summed E-state index contributed by atoms with van der Waals surface area (Å²) in [5, 5.41) is 4.25. The summed E-state index contributed by atoms with van der Waals surface area (Å²) < 4.78 is 29.4. The van der Waals surface area contributed by atoms with E-state index >= 15 is 0 Å². The van der Waals surface area contributed by atoms with Crippen LogP contribution >= 0.6 is 0 Å². The number of nitrogens with zero attached hydrogens (tertiary/aromatic N) is 4. The summed E-state index contributed by atoms with van der Waals surface area (Å²) in [6.45, 7) is 5.43. The van der Waals surface area contributed by atoms with Gasteiger partial charge in [0, 0.05) is 39.6 Å². The molecule has 7 nitrogen and oxygen atoms in total. The Hall–Kier alpha value is -1.41. The Kier molecular flexibility index (Phi) is 6.25. The molecule has 2 heterocycles. The second-order valence-electron chi connectivity index (χ2n) is 7.95. The minimum Gasteiger partial charge on any atom is -0.341 e. The van der Waals surface area contributed by atoms with E-state index in [4.69, 9.17) is 0 Å². The van der Waals surface area contributed by atoms with Gasteiger partial charge in [-0.3, -0.25) is 9.48 Å². The van der Waals surface area contributed by atoms with Gasteiger partial charge < -0.3 is 4.90 Å².